The highest BCUT2D eigenvalue weighted by molar-refractivity contribution is 5.86. The molecule has 100 valence electrons. The van der Waals surface area contributed by atoms with Crippen molar-refractivity contribution in [2.45, 2.75) is 19.0 Å². The SMILES string of the molecule is Cn1ccnc1CNC(=O)C(C)(N)c1ccccc1. The summed E-state index contributed by atoms with van der Waals surface area (Å²) in [7, 11) is 1.88. The quantitative estimate of drug-likeness (QED) is 0.856. The van der Waals surface area contributed by atoms with Crippen molar-refractivity contribution in [2.75, 3.05) is 0 Å². The zero-order chi connectivity index (χ0) is 13.9. The lowest BCUT2D eigenvalue weighted by Gasteiger charge is -2.24. The number of aryl methyl sites for hydroxylation is 1. The maximum atomic E-state index is 12.2. The molecule has 0 saturated heterocycles. The molecular formula is C14H18N4O. The summed E-state index contributed by atoms with van der Waals surface area (Å²) in [5.41, 5.74) is 5.86. The summed E-state index contributed by atoms with van der Waals surface area (Å²) in [6.07, 6.45) is 3.53. The second-order valence-electron chi connectivity index (χ2n) is 4.71. The minimum atomic E-state index is -1.05. The summed E-state index contributed by atoms with van der Waals surface area (Å²) in [5, 5.41) is 2.82. The van der Waals surface area contributed by atoms with Crippen LogP contribution in [-0.2, 0) is 23.9 Å². The smallest absolute Gasteiger partial charge is 0.244 e. The van der Waals surface area contributed by atoms with Crippen molar-refractivity contribution in [1.82, 2.24) is 14.9 Å². The van der Waals surface area contributed by atoms with Crippen molar-refractivity contribution in [2.24, 2.45) is 12.8 Å². The summed E-state index contributed by atoms with van der Waals surface area (Å²) in [6.45, 7) is 2.07. The molecule has 0 aliphatic heterocycles. The molecule has 5 heteroatoms. The van der Waals surface area contributed by atoms with Gasteiger partial charge in [0, 0.05) is 19.4 Å². The van der Waals surface area contributed by atoms with Crippen LogP contribution in [0.4, 0.5) is 0 Å². The number of nitrogens with two attached hydrogens (primary N) is 1. The minimum absolute atomic E-state index is 0.221. The zero-order valence-electron chi connectivity index (χ0n) is 11.1. The standard InChI is InChI=1S/C14H18N4O/c1-14(15,11-6-4-3-5-7-11)13(19)17-10-12-16-8-9-18(12)2/h3-9H,10,15H2,1-2H3,(H,17,19). The van der Waals surface area contributed by atoms with E-state index in [1.165, 1.54) is 0 Å². The maximum Gasteiger partial charge on any atom is 0.244 e. The summed E-state index contributed by atoms with van der Waals surface area (Å²) in [4.78, 5) is 16.3. The van der Waals surface area contributed by atoms with Gasteiger partial charge in [0.1, 0.15) is 11.4 Å². The first-order valence-corrected chi connectivity index (χ1v) is 6.10. The van der Waals surface area contributed by atoms with E-state index >= 15 is 0 Å². The maximum absolute atomic E-state index is 12.2. The average molecular weight is 258 g/mol. The van der Waals surface area contributed by atoms with Crippen LogP contribution in [0.25, 0.3) is 0 Å². The van der Waals surface area contributed by atoms with Crippen molar-refractivity contribution >= 4 is 5.91 Å². The van der Waals surface area contributed by atoms with Crippen molar-refractivity contribution in [1.29, 1.82) is 0 Å². The van der Waals surface area contributed by atoms with Crippen LogP contribution in [0.3, 0.4) is 0 Å². The molecule has 1 heterocycles. The molecule has 2 aromatic rings. The molecular weight excluding hydrogens is 240 g/mol. The molecule has 1 atom stereocenters. The van der Waals surface area contributed by atoms with E-state index in [0.717, 1.165) is 11.4 Å². The van der Waals surface area contributed by atoms with Crippen molar-refractivity contribution in [3.05, 3.63) is 54.1 Å². The van der Waals surface area contributed by atoms with Gasteiger partial charge in [0.15, 0.2) is 0 Å². The molecule has 2 rings (SSSR count). The van der Waals surface area contributed by atoms with Crippen molar-refractivity contribution in [3.63, 3.8) is 0 Å². The number of hydrogen-bond acceptors (Lipinski definition) is 3. The number of carbonyl (C=O) groups is 1. The van der Waals surface area contributed by atoms with Gasteiger partial charge in [-0.15, -0.1) is 0 Å². The number of aromatic nitrogens is 2. The highest BCUT2D eigenvalue weighted by Crippen LogP contribution is 2.17. The lowest BCUT2D eigenvalue weighted by Crippen LogP contribution is -2.48. The fraction of sp³-hybridized carbons (Fsp3) is 0.286. The van der Waals surface area contributed by atoms with Gasteiger partial charge in [-0.05, 0) is 12.5 Å². The van der Waals surface area contributed by atoms with E-state index in [2.05, 4.69) is 10.3 Å². The zero-order valence-corrected chi connectivity index (χ0v) is 11.1. The van der Waals surface area contributed by atoms with Gasteiger partial charge in [-0.2, -0.15) is 0 Å². The third-order valence-corrected chi connectivity index (χ3v) is 3.17. The van der Waals surface area contributed by atoms with Gasteiger partial charge in [-0.1, -0.05) is 30.3 Å². The minimum Gasteiger partial charge on any atom is -0.347 e. The molecule has 3 N–H and O–H groups in total. The van der Waals surface area contributed by atoms with Crippen molar-refractivity contribution < 1.29 is 4.79 Å². The Morgan fingerprint density at radius 1 is 1.42 bits per heavy atom. The van der Waals surface area contributed by atoms with Crippen LogP contribution in [-0.4, -0.2) is 15.5 Å². The van der Waals surface area contributed by atoms with Gasteiger partial charge in [0.25, 0.3) is 0 Å². The Hall–Kier alpha value is -2.14. The number of hydrogen-bond donors (Lipinski definition) is 2. The second kappa shape index (κ2) is 5.24. The average Bonchev–Trinajstić information content (AvgIpc) is 2.82. The molecule has 0 radical (unpaired) electrons. The fourth-order valence-electron chi connectivity index (χ4n) is 1.83. The van der Waals surface area contributed by atoms with Crippen molar-refractivity contribution in [3.8, 4) is 0 Å². The van der Waals surface area contributed by atoms with Crippen LogP contribution in [0.2, 0.25) is 0 Å². The number of carbonyl (C=O) groups excluding carboxylic acids is 1. The van der Waals surface area contributed by atoms with E-state index in [4.69, 9.17) is 5.73 Å². The Labute approximate surface area is 112 Å². The lowest BCUT2D eigenvalue weighted by atomic mass is 9.92. The largest absolute Gasteiger partial charge is 0.347 e. The Morgan fingerprint density at radius 3 is 2.68 bits per heavy atom. The number of rotatable bonds is 4. The molecule has 19 heavy (non-hydrogen) atoms. The first kappa shape index (κ1) is 13.3. The molecule has 5 nitrogen and oxygen atoms in total. The van der Waals surface area contributed by atoms with Crippen LogP contribution < -0.4 is 11.1 Å². The number of imidazole rings is 1. The summed E-state index contributed by atoms with van der Waals surface area (Å²) < 4.78 is 1.86. The molecule has 1 aromatic heterocycles. The number of nitrogens with zero attached hydrogens (tertiary/aromatic N) is 2. The number of nitrogens with one attached hydrogen (secondary N) is 1. The molecule has 1 unspecified atom stereocenters. The number of amides is 1. The molecule has 1 amide bonds. The second-order valence-corrected chi connectivity index (χ2v) is 4.71. The lowest BCUT2D eigenvalue weighted by molar-refractivity contribution is -0.126. The summed E-state index contributed by atoms with van der Waals surface area (Å²) >= 11 is 0. The van der Waals surface area contributed by atoms with E-state index < -0.39 is 5.54 Å². The van der Waals surface area contributed by atoms with Crippen LogP contribution >= 0.6 is 0 Å². The highest BCUT2D eigenvalue weighted by Gasteiger charge is 2.30. The molecule has 1 aromatic carbocycles. The normalized spacial score (nSPS) is 13.8. The van der Waals surface area contributed by atoms with E-state index in [1.54, 1.807) is 13.1 Å². The Kier molecular flexibility index (Phi) is 3.66. The Bertz CT molecular complexity index is 560. The van der Waals surface area contributed by atoms with Gasteiger partial charge in [-0.3, -0.25) is 4.79 Å². The third-order valence-electron chi connectivity index (χ3n) is 3.17. The Morgan fingerprint density at radius 2 is 2.11 bits per heavy atom. The Balaban J connectivity index is 2.05. The predicted octanol–water partition coefficient (Wildman–Crippen LogP) is 0.910. The van der Waals surface area contributed by atoms with Gasteiger partial charge in [0.2, 0.25) is 5.91 Å². The molecule has 0 spiro atoms. The van der Waals surface area contributed by atoms with E-state index in [1.807, 2.05) is 48.1 Å². The van der Waals surface area contributed by atoms with Crippen LogP contribution in [0.15, 0.2) is 42.7 Å². The predicted molar refractivity (Wildman–Crippen MR) is 73.0 cm³/mol. The highest BCUT2D eigenvalue weighted by atomic mass is 16.2. The molecule has 0 aliphatic rings. The number of benzene rings is 1. The first-order valence-electron chi connectivity index (χ1n) is 6.10. The molecule has 0 fully saturated rings. The van der Waals surface area contributed by atoms with Crippen LogP contribution in [0, 0.1) is 0 Å². The first-order chi connectivity index (χ1) is 9.01. The molecule has 0 saturated carbocycles. The van der Waals surface area contributed by atoms with Gasteiger partial charge in [0.05, 0.1) is 6.54 Å². The monoisotopic (exact) mass is 258 g/mol. The topological polar surface area (TPSA) is 72.9 Å². The van der Waals surface area contributed by atoms with Gasteiger partial charge < -0.3 is 15.6 Å². The van der Waals surface area contributed by atoms with E-state index in [-0.39, 0.29) is 5.91 Å². The molecule has 0 aliphatic carbocycles. The third kappa shape index (κ3) is 2.82. The van der Waals surface area contributed by atoms with Gasteiger partial charge >= 0.3 is 0 Å². The molecule has 0 bridgehead atoms. The summed E-state index contributed by atoms with van der Waals surface area (Å²) in [6, 6.07) is 9.32. The van der Waals surface area contributed by atoms with E-state index in [9.17, 15) is 4.79 Å². The van der Waals surface area contributed by atoms with Crippen LogP contribution in [0.5, 0.6) is 0 Å². The van der Waals surface area contributed by atoms with Crippen LogP contribution in [0.1, 0.15) is 18.3 Å². The van der Waals surface area contributed by atoms with Gasteiger partial charge in [-0.25, -0.2) is 4.98 Å². The fourth-order valence-corrected chi connectivity index (χ4v) is 1.83. The van der Waals surface area contributed by atoms with E-state index in [0.29, 0.717) is 6.54 Å². The summed E-state index contributed by atoms with van der Waals surface area (Å²) in [5.74, 6) is 0.568.